The van der Waals surface area contributed by atoms with Crippen molar-refractivity contribution in [1.29, 1.82) is 0 Å². The first-order valence-electron chi connectivity index (χ1n) is 7.99. The number of fused-ring (bicyclic) bond motifs is 1. The molecule has 0 aliphatic heterocycles. The summed E-state index contributed by atoms with van der Waals surface area (Å²) in [6.07, 6.45) is 6.84. The molecular weight excluding hydrogens is 331 g/mol. The van der Waals surface area contributed by atoms with E-state index >= 15 is 0 Å². The zero-order valence-electron chi connectivity index (χ0n) is 14.6. The van der Waals surface area contributed by atoms with Crippen LogP contribution in [0.2, 0.25) is 0 Å². The maximum absolute atomic E-state index is 12.9. The number of aliphatic carboxylic acids is 1. The predicted octanol–water partition coefficient (Wildman–Crippen LogP) is 4.42. The molecule has 3 rings (SSSR count). The molecule has 0 heterocycles. The maximum Gasteiger partial charge on any atom is 0.300 e. The van der Waals surface area contributed by atoms with Gasteiger partial charge in [0.2, 0.25) is 0 Å². The smallest absolute Gasteiger partial charge is 0.300 e. The van der Waals surface area contributed by atoms with Gasteiger partial charge in [-0.2, -0.15) is 0 Å². The summed E-state index contributed by atoms with van der Waals surface area (Å²) in [5.74, 6) is 5.10. The van der Waals surface area contributed by atoms with E-state index in [0.29, 0.717) is 0 Å². The molecule has 0 bridgehead atoms. The molecular formula is C22H19FO3. The van der Waals surface area contributed by atoms with E-state index in [0.717, 1.165) is 35.6 Å². The van der Waals surface area contributed by atoms with Gasteiger partial charge in [0.05, 0.1) is 13.4 Å². The first kappa shape index (κ1) is 19.0. The van der Waals surface area contributed by atoms with Gasteiger partial charge in [-0.05, 0) is 53.9 Å². The molecule has 0 unspecified atom stereocenters. The number of benzene rings is 2. The Kier molecular flexibility index (Phi) is 6.75. The molecule has 0 radical (unpaired) electrons. The quantitative estimate of drug-likeness (QED) is 0.612. The third-order valence-corrected chi connectivity index (χ3v) is 3.50. The fourth-order valence-corrected chi connectivity index (χ4v) is 2.41. The summed E-state index contributed by atoms with van der Waals surface area (Å²) >= 11 is 0. The Morgan fingerprint density at radius 3 is 2.42 bits per heavy atom. The lowest BCUT2D eigenvalue weighted by atomic mass is 9.91. The van der Waals surface area contributed by atoms with Crippen LogP contribution in [-0.2, 0) is 16.0 Å². The standard InChI is InChI=1S/C20H15FO.C2H4O2/c1-22-14-18-4-2-3-17-10-7-16(13-20(17)18)6-5-15-8-11-19(21)12-9-15;1-2(3)4/h2,4,7-14H,3H2,1H3;1H3,(H,3,4). The Labute approximate surface area is 152 Å². The van der Waals surface area contributed by atoms with Gasteiger partial charge in [-0.15, -0.1) is 0 Å². The normalized spacial score (nSPS) is 13.0. The highest BCUT2D eigenvalue weighted by molar-refractivity contribution is 5.78. The summed E-state index contributed by atoms with van der Waals surface area (Å²) in [6.45, 7) is 1.08. The average molecular weight is 350 g/mol. The molecule has 0 saturated heterocycles. The summed E-state index contributed by atoms with van der Waals surface area (Å²) in [5, 5.41) is 7.42. The van der Waals surface area contributed by atoms with Crippen LogP contribution in [0.15, 0.2) is 60.9 Å². The molecule has 2 aromatic rings. The molecule has 0 atom stereocenters. The second kappa shape index (κ2) is 9.24. The fraction of sp³-hybridized carbons (Fsp3) is 0.136. The Hall–Kier alpha value is -3.32. The molecule has 1 aliphatic rings. The lowest BCUT2D eigenvalue weighted by Gasteiger charge is -2.14. The summed E-state index contributed by atoms with van der Waals surface area (Å²) in [6, 6.07) is 12.4. The van der Waals surface area contributed by atoms with Crippen LogP contribution in [0.25, 0.3) is 5.57 Å². The van der Waals surface area contributed by atoms with Crippen molar-refractivity contribution in [2.24, 2.45) is 0 Å². The molecule has 0 fully saturated rings. The largest absolute Gasteiger partial charge is 0.504 e. The van der Waals surface area contributed by atoms with E-state index in [2.05, 4.69) is 36.1 Å². The van der Waals surface area contributed by atoms with E-state index in [9.17, 15) is 4.39 Å². The number of halogens is 1. The zero-order chi connectivity index (χ0) is 18.9. The van der Waals surface area contributed by atoms with Crippen molar-refractivity contribution in [2.45, 2.75) is 13.3 Å². The third kappa shape index (κ3) is 5.64. The van der Waals surface area contributed by atoms with Crippen LogP contribution in [0.1, 0.15) is 29.2 Å². The predicted molar refractivity (Wildman–Crippen MR) is 100.0 cm³/mol. The molecule has 0 spiro atoms. The van der Waals surface area contributed by atoms with Crippen LogP contribution in [0, 0.1) is 17.7 Å². The van der Waals surface area contributed by atoms with Gasteiger partial charge in [-0.25, -0.2) is 4.39 Å². The molecule has 0 amide bonds. The van der Waals surface area contributed by atoms with E-state index in [1.165, 1.54) is 17.7 Å². The van der Waals surface area contributed by atoms with Crippen LogP contribution >= 0.6 is 0 Å². The molecule has 4 heteroatoms. The molecule has 0 saturated carbocycles. The highest BCUT2D eigenvalue weighted by Crippen LogP contribution is 2.26. The van der Waals surface area contributed by atoms with Gasteiger partial charge in [-0.3, -0.25) is 4.79 Å². The van der Waals surface area contributed by atoms with E-state index in [-0.39, 0.29) is 5.82 Å². The molecule has 3 nitrogen and oxygen atoms in total. The number of carboxylic acids is 1. The molecule has 2 aromatic carbocycles. The monoisotopic (exact) mass is 350 g/mol. The number of carbonyl (C=O) groups is 1. The Bertz CT molecular complexity index is 893. The Morgan fingerprint density at radius 2 is 1.77 bits per heavy atom. The third-order valence-electron chi connectivity index (χ3n) is 3.50. The molecule has 1 aliphatic carbocycles. The van der Waals surface area contributed by atoms with Crippen LogP contribution in [0.4, 0.5) is 4.39 Å². The van der Waals surface area contributed by atoms with Crippen LogP contribution in [-0.4, -0.2) is 18.2 Å². The lowest BCUT2D eigenvalue weighted by molar-refractivity contribution is -0.134. The molecule has 0 aromatic heterocycles. The van der Waals surface area contributed by atoms with Crippen molar-refractivity contribution >= 4 is 11.5 Å². The number of carboxylic acid groups (broad SMARTS) is 1. The van der Waals surface area contributed by atoms with Gasteiger partial charge in [-0.1, -0.05) is 30.1 Å². The van der Waals surface area contributed by atoms with Gasteiger partial charge in [0.25, 0.3) is 5.97 Å². The first-order valence-corrected chi connectivity index (χ1v) is 7.99. The zero-order valence-corrected chi connectivity index (χ0v) is 14.6. The van der Waals surface area contributed by atoms with Crippen molar-refractivity contribution in [2.75, 3.05) is 7.11 Å². The maximum atomic E-state index is 12.9. The summed E-state index contributed by atoms with van der Waals surface area (Å²) < 4.78 is 18.0. The number of rotatable bonds is 1. The Balaban J connectivity index is 0.000000552. The van der Waals surface area contributed by atoms with Crippen LogP contribution in [0.3, 0.4) is 0 Å². The minimum absolute atomic E-state index is 0.250. The van der Waals surface area contributed by atoms with Gasteiger partial charge >= 0.3 is 0 Å². The molecule has 132 valence electrons. The van der Waals surface area contributed by atoms with Crippen molar-refractivity contribution in [3.8, 4) is 11.8 Å². The van der Waals surface area contributed by atoms with E-state index in [1.54, 1.807) is 25.5 Å². The number of hydrogen-bond acceptors (Lipinski definition) is 2. The highest BCUT2D eigenvalue weighted by Gasteiger charge is 2.10. The summed E-state index contributed by atoms with van der Waals surface area (Å²) in [5.41, 5.74) is 5.19. The Morgan fingerprint density at radius 1 is 1.15 bits per heavy atom. The number of methoxy groups -OCH3 is 1. The summed E-state index contributed by atoms with van der Waals surface area (Å²) in [7, 11) is 1.65. The fourth-order valence-electron chi connectivity index (χ4n) is 2.41. The topological polar surface area (TPSA) is 46.5 Å². The second-order valence-corrected chi connectivity index (χ2v) is 5.56. The second-order valence-electron chi connectivity index (χ2n) is 5.56. The number of ether oxygens (including phenoxy) is 1. The number of allylic oxidation sites excluding steroid dienone is 3. The van der Waals surface area contributed by atoms with Crippen molar-refractivity contribution in [3.63, 3.8) is 0 Å². The highest BCUT2D eigenvalue weighted by atomic mass is 19.1. The summed E-state index contributed by atoms with van der Waals surface area (Å²) in [4.78, 5) is 9.00. The van der Waals surface area contributed by atoms with Gasteiger partial charge in [0.1, 0.15) is 5.82 Å². The molecule has 1 N–H and O–H groups in total. The minimum Gasteiger partial charge on any atom is -0.504 e. The lowest BCUT2D eigenvalue weighted by Crippen LogP contribution is -1.97. The van der Waals surface area contributed by atoms with Crippen molar-refractivity contribution in [1.82, 2.24) is 0 Å². The first-order chi connectivity index (χ1) is 12.5. The van der Waals surface area contributed by atoms with E-state index < -0.39 is 5.97 Å². The molecule has 26 heavy (non-hydrogen) atoms. The van der Waals surface area contributed by atoms with Crippen molar-refractivity contribution in [3.05, 3.63) is 88.9 Å². The van der Waals surface area contributed by atoms with Gasteiger partial charge < -0.3 is 9.84 Å². The average Bonchev–Trinajstić information content (AvgIpc) is 2.61. The van der Waals surface area contributed by atoms with Gasteiger partial charge in [0.15, 0.2) is 0 Å². The van der Waals surface area contributed by atoms with E-state index in [4.69, 9.17) is 14.6 Å². The SMILES string of the molecule is CC(=O)O.COC=C1C=CCc2ccc(C#Cc3ccc(F)cc3)cc21. The minimum atomic E-state index is -0.833. The van der Waals surface area contributed by atoms with Crippen LogP contribution in [0.5, 0.6) is 0 Å². The van der Waals surface area contributed by atoms with Crippen LogP contribution < -0.4 is 0 Å². The number of hydrogen-bond donors (Lipinski definition) is 1. The van der Waals surface area contributed by atoms with Crippen molar-refractivity contribution < 1.29 is 19.0 Å². The van der Waals surface area contributed by atoms with Gasteiger partial charge in [0, 0.05) is 23.6 Å². The van der Waals surface area contributed by atoms with E-state index in [1.807, 2.05) is 6.07 Å².